The molecule has 1 amide bonds. The van der Waals surface area contributed by atoms with Gasteiger partial charge in [0.1, 0.15) is 11.6 Å². The normalized spacial score (nSPS) is 22.3. The summed E-state index contributed by atoms with van der Waals surface area (Å²) in [5.74, 6) is -0.934. The van der Waals surface area contributed by atoms with Crippen molar-refractivity contribution in [3.05, 3.63) is 59.7 Å². The van der Waals surface area contributed by atoms with E-state index in [1.54, 1.807) is 23.9 Å². The lowest BCUT2D eigenvalue weighted by Crippen LogP contribution is -2.38. The highest BCUT2D eigenvalue weighted by molar-refractivity contribution is 6.01. The van der Waals surface area contributed by atoms with Gasteiger partial charge in [-0.15, -0.1) is 0 Å². The number of nitrogens with zero attached hydrogens (tertiary/aromatic N) is 3. The third-order valence-corrected chi connectivity index (χ3v) is 7.30. The van der Waals surface area contributed by atoms with Gasteiger partial charge in [0.15, 0.2) is 0 Å². The minimum atomic E-state index is -0.763. The van der Waals surface area contributed by atoms with E-state index in [0.717, 1.165) is 30.6 Å². The standard InChI is InChI=1S/C26H29FN4O4/c1-35-24-9-6-17(27)13-20(24)22-3-2-11-30(22)19-10-12-31-23(14-19)21(15-28-31)25(32)29-18-7-4-16(5-8-18)26(33)34/h6,9-10,12-16,18,22H,2-5,7-8,11H2,1H3,(H,29,32)(H,33,34)/t16-,18-,22-/m1/s1. The molecule has 1 saturated heterocycles. The number of anilines is 1. The molecule has 0 bridgehead atoms. The molecule has 8 nitrogen and oxygen atoms in total. The molecule has 1 atom stereocenters. The van der Waals surface area contributed by atoms with Crippen molar-refractivity contribution in [2.75, 3.05) is 18.6 Å². The number of aliphatic carboxylic acids is 1. The second-order valence-electron chi connectivity index (χ2n) is 9.37. The van der Waals surface area contributed by atoms with Crippen molar-refractivity contribution in [2.24, 2.45) is 5.92 Å². The topological polar surface area (TPSA) is 96.2 Å². The predicted octanol–water partition coefficient (Wildman–Crippen LogP) is 4.20. The molecule has 2 aromatic heterocycles. The van der Waals surface area contributed by atoms with Crippen molar-refractivity contribution in [3.63, 3.8) is 0 Å². The SMILES string of the molecule is COc1ccc(F)cc1[C@H]1CCCN1c1ccn2ncc(C(=O)N[C@H]3CC[C@H](C(=O)O)CC3)c2c1. The number of carbonyl (C=O) groups excluding carboxylic acids is 1. The van der Waals surface area contributed by atoms with E-state index in [1.165, 1.54) is 12.1 Å². The van der Waals surface area contributed by atoms with E-state index < -0.39 is 5.97 Å². The molecule has 3 aromatic rings. The fourth-order valence-electron chi connectivity index (χ4n) is 5.44. The molecule has 184 valence electrons. The number of fused-ring (bicyclic) bond motifs is 1. The van der Waals surface area contributed by atoms with Crippen LogP contribution < -0.4 is 15.0 Å². The molecular formula is C26H29FN4O4. The number of hydrogen-bond acceptors (Lipinski definition) is 5. The van der Waals surface area contributed by atoms with Gasteiger partial charge in [0.05, 0.1) is 36.3 Å². The number of ether oxygens (including phenoxy) is 1. The molecule has 0 spiro atoms. The number of carbonyl (C=O) groups is 2. The zero-order chi connectivity index (χ0) is 24.5. The molecule has 1 saturated carbocycles. The second kappa shape index (κ2) is 9.56. The molecule has 0 unspecified atom stereocenters. The minimum absolute atomic E-state index is 0.0345. The number of carboxylic acid groups (broad SMARTS) is 1. The van der Waals surface area contributed by atoms with Gasteiger partial charge in [0.2, 0.25) is 0 Å². The quantitative estimate of drug-likeness (QED) is 0.549. The summed E-state index contributed by atoms with van der Waals surface area (Å²) in [6.07, 6.45) is 7.66. The van der Waals surface area contributed by atoms with Crippen LogP contribution in [0.25, 0.3) is 5.52 Å². The number of halogens is 1. The molecule has 3 heterocycles. The van der Waals surface area contributed by atoms with E-state index in [9.17, 15) is 19.1 Å². The molecule has 2 aliphatic rings. The average Bonchev–Trinajstić information content (AvgIpc) is 3.51. The Morgan fingerprint density at radius 3 is 2.69 bits per heavy atom. The first kappa shape index (κ1) is 23.1. The smallest absolute Gasteiger partial charge is 0.306 e. The van der Waals surface area contributed by atoms with Gasteiger partial charge < -0.3 is 20.1 Å². The van der Waals surface area contributed by atoms with Gasteiger partial charge in [-0.1, -0.05) is 0 Å². The van der Waals surface area contributed by atoms with Crippen molar-refractivity contribution < 1.29 is 23.8 Å². The summed E-state index contributed by atoms with van der Waals surface area (Å²) in [6, 6.07) is 8.43. The number of hydrogen-bond donors (Lipinski definition) is 2. The third-order valence-electron chi connectivity index (χ3n) is 7.30. The van der Waals surface area contributed by atoms with Crippen LogP contribution in [-0.2, 0) is 4.79 Å². The zero-order valence-electron chi connectivity index (χ0n) is 19.6. The second-order valence-corrected chi connectivity index (χ2v) is 9.37. The van der Waals surface area contributed by atoms with Gasteiger partial charge in [-0.3, -0.25) is 9.59 Å². The van der Waals surface area contributed by atoms with Crippen LogP contribution in [0.3, 0.4) is 0 Å². The van der Waals surface area contributed by atoms with Gasteiger partial charge in [-0.2, -0.15) is 5.10 Å². The van der Waals surface area contributed by atoms with Crippen molar-refractivity contribution in [1.82, 2.24) is 14.9 Å². The van der Waals surface area contributed by atoms with Crippen LogP contribution in [-0.4, -0.2) is 46.3 Å². The molecule has 9 heteroatoms. The largest absolute Gasteiger partial charge is 0.496 e. The molecule has 2 N–H and O–H groups in total. The van der Waals surface area contributed by atoms with Crippen LogP contribution in [0.15, 0.2) is 42.7 Å². The summed E-state index contributed by atoms with van der Waals surface area (Å²) in [4.78, 5) is 26.5. The number of rotatable bonds is 6. The highest BCUT2D eigenvalue weighted by Gasteiger charge is 2.30. The minimum Gasteiger partial charge on any atom is -0.496 e. The lowest BCUT2D eigenvalue weighted by atomic mass is 9.86. The number of carboxylic acids is 1. The third kappa shape index (κ3) is 4.54. The Morgan fingerprint density at radius 2 is 1.94 bits per heavy atom. The van der Waals surface area contributed by atoms with Gasteiger partial charge in [0, 0.05) is 30.0 Å². The van der Waals surface area contributed by atoms with E-state index in [0.29, 0.717) is 42.5 Å². The van der Waals surface area contributed by atoms with Gasteiger partial charge >= 0.3 is 5.97 Å². The first-order valence-corrected chi connectivity index (χ1v) is 12.1. The predicted molar refractivity (Wildman–Crippen MR) is 128 cm³/mol. The van der Waals surface area contributed by atoms with Crippen LogP contribution >= 0.6 is 0 Å². The summed E-state index contributed by atoms with van der Waals surface area (Å²) >= 11 is 0. The fourth-order valence-corrected chi connectivity index (χ4v) is 5.44. The zero-order valence-corrected chi connectivity index (χ0v) is 19.6. The van der Waals surface area contributed by atoms with Crippen LogP contribution in [0.5, 0.6) is 5.75 Å². The molecular weight excluding hydrogens is 451 g/mol. The number of benzene rings is 1. The summed E-state index contributed by atoms with van der Waals surface area (Å²) < 4.78 is 21.2. The molecule has 5 rings (SSSR count). The average molecular weight is 481 g/mol. The Hall–Kier alpha value is -3.62. The number of nitrogens with one attached hydrogen (secondary N) is 1. The Morgan fingerprint density at radius 1 is 1.14 bits per heavy atom. The highest BCUT2D eigenvalue weighted by Crippen LogP contribution is 2.40. The van der Waals surface area contributed by atoms with E-state index >= 15 is 0 Å². The summed E-state index contributed by atoms with van der Waals surface area (Å²) in [7, 11) is 1.59. The summed E-state index contributed by atoms with van der Waals surface area (Å²) in [5, 5.41) is 16.6. The van der Waals surface area contributed by atoms with E-state index in [1.807, 2.05) is 18.3 Å². The van der Waals surface area contributed by atoms with Gasteiger partial charge in [-0.25, -0.2) is 8.91 Å². The number of amides is 1. The Labute approximate surface area is 202 Å². The van der Waals surface area contributed by atoms with Crippen LogP contribution in [0.1, 0.15) is 60.5 Å². The van der Waals surface area contributed by atoms with Crippen LogP contribution in [0.4, 0.5) is 10.1 Å². The maximum Gasteiger partial charge on any atom is 0.306 e. The van der Waals surface area contributed by atoms with E-state index in [-0.39, 0.29) is 29.7 Å². The van der Waals surface area contributed by atoms with Gasteiger partial charge in [-0.05, 0) is 68.9 Å². The van der Waals surface area contributed by atoms with Crippen molar-refractivity contribution in [1.29, 1.82) is 0 Å². The lowest BCUT2D eigenvalue weighted by molar-refractivity contribution is -0.142. The summed E-state index contributed by atoms with van der Waals surface area (Å²) in [5.41, 5.74) is 2.92. The Balaban J connectivity index is 1.38. The number of pyridine rings is 1. The fraction of sp³-hybridized carbons (Fsp3) is 0.423. The molecule has 35 heavy (non-hydrogen) atoms. The molecule has 1 aliphatic carbocycles. The summed E-state index contributed by atoms with van der Waals surface area (Å²) in [6.45, 7) is 0.809. The molecule has 0 radical (unpaired) electrons. The molecule has 1 aliphatic heterocycles. The maximum absolute atomic E-state index is 14.1. The van der Waals surface area contributed by atoms with E-state index in [4.69, 9.17) is 4.74 Å². The maximum atomic E-state index is 14.1. The van der Waals surface area contributed by atoms with Gasteiger partial charge in [0.25, 0.3) is 5.91 Å². The van der Waals surface area contributed by atoms with E-state index in [2.05, 4.69) is 15.3 Å². The van der Waals surface area contributed by atoms with Crippen LogP contribution in [0, 0.1) is 11.7 Å². The lowest BCUT2D eigenvalue weighted by Gasteiger charge is -2.28. The number of aromatic nitrogens is 2. The first-order chi connectivity index (χ1) is 16.9. The van der Waals surface area contributed by atoms with Crippen molar-refractivity contribution in [2.45, 2.75) is 50.6 Å². The van der Waals surface area contributed by atoms with Crippen molar-refractivity contribution in [3.8, 4) is 5.75 Å². The highest BCUT2D eigenvalue weighted by atomic mass is 19.1. The number of methoxy groups -OCH3 is 1. The Kier molecular flexibility index (Phi) is 6.32. The molecule has 2 fully saturated rings. The van der Waals surface area contributed by atoms with Crippen molar-refractivity contribution >= 4 is 23.1 Å². The first-order valence-electron chi connectivity index (χ1n) is 12.1. The van der Waals surface area contributed by atoms with Crippen LogP contribution in [0.2, 0.25) is 0 Å². The Bertz CT molecular complexity index is 1250. The monoisotopic (exact) mass is 480 g/mol. The molecule has 1 aromatic carbocycles.